The number of anilines is 2. The summed E-state index contributed by atoms with van der Waals surface area (Å²) in [7, 11) is 4.23. The quantitative estimate of drug-likeness (QED) is 0.820. The molecule has 0 saturated carbocycles. The van der Waals surface area contributed by atoms with Crippen molar-refractivity contribution in [2.75, 3.05) is 43.5 Å². The zero-order valence-electron chi connectivity index (χ0n) is 13.0. The Morgan fingerprint density at radius 2 is 2.00 bits per heavy atom. The Hall–Kier alpha value is -1.22. The van der Waals surface area contributed by atoms with Crippen molar-refractivity contribution in [3.05, 3.63) is 24.3 Å². The van der Waals surface area contributed by atoms with Crippen LogP contribution in [0, 0.1) is 0 Å². The van der Waals surface area contributed by atoms with E-state index in [1.54, 1.807) is 0 Å². The zero-order valence-corrected chi connectivity index (χ0v) is 13.0. The first-order valence-corrected chi connectivity index (χ1v) is 7.93. The number of rotatable bonds is 2. The number of hydrogen-bond acceptors (Lipinski definition) is 3. The molecule has 2 fully saturated rings. The van der Waals surface area contributed by atoms with Crippen molar-refractivity contribution in [2.24, 2.45) is 0 Å². The third-order valence-corrected chi connectivity index (χ3v) is 4.87. The topological polar surface area (TPSA) is 9.72 Å². The van der Waals surface area contributed by atoms with Gasteiger partial charge in [0.25, 0.3) is 0 Å². The van der Waals surface area contributed by atoms with Gasteiger partial charge in [0.2, 0.25) is 0 Å². The second kappa shape index (κ2) is 5.65. The molecular formula is C17H27N3. The third kappa shape index (κ3) is 2.64. The lowest BCUT2D eigenvalue weighted by atomic mass is 9.96. The van der Waals surface area contributed by atoms with Crippen LogP contribution < -0.4 is 9.80 Å². The lowest BCUT2D eigenvalue weighted by Crippen LogP contribution is -2.58. The fourth-order valence-electron chi connectivity index (χ4n) is 3.66. The first-order chi connectivity index (χ1) is 9.65. The minimum Gasteiger partial charge on any atom is -0.378 e. The predicted octanol–water partition coefficient (Wildman–Crippen LogP) is 2.82. The molecule has 3 nitrogen and oxygen atoms in total. The average molecular weight is 273 g/mol. The molecule has 110 valence electrons. The van der Waals surface area contributed by atoms with Crippen molar-refractivity contribution in [2.45, 2.75) is 38.3 Å². The smallest absolute Gasteiger partial charge is 0.0390 e. The summed E-state index contributed by atoms with van der Waals surface area (Å²) in [5.74, 6) is 0. The summed E-state index contributed by atoms with van der Waals surface area (Å²) in [6.07, 6.45) is 4.16. The summed E-state index contributed by atoms with van der Waals surface area (Å²) in [4.78, 5) is 7.50. The van der Waals surface area contributed by atoms with E-state index in [4.69, 9.17) is 0 Å². The summed E-state index contributed by atoms with van der Waals surface area (Å²) in [5, 5.41) is 0. The van der Waals surface area contributed by atoms with E-state index in [-0.39, 0.29) is 0 Å². The van der Waals surface area contributed by atoms with Gasteiger partial charge in [0.1, 0.15) is 0 Å². The van der Waals surface area contributed by atoms with Gasteiger partial charge >= 0.3 is 0 Å². The lowest BCUT2D eigenvalue weighted by molar-refractivity contribution is 0.115. The molecule has 0 radical (unpaired) electrons. The molecule has 1 aromatic carbocycles. The average Bonchev–Trinajstić information content (AvgIpc) is 2.46. The Labute approximate surface area is 123 Å². The summed E-state index contributed by atoms with van der Waals surface area (Å²) >= 11 is 0. The highest BCUT2D eigenvalue weighted by atomic mass is 15.3. The fraction of sp³-hybridized carbons (Fsp3) is 0.647. The zero-order chi connectivity index (χ0) is 14.1. The first-order valence-electron chi connectivity index (χ1n) is 7.93. The Bertz CT molecular complexity index is 457. The van der Waals surface area contributed by atoms with Gasteiger partial charge in [-0.1, -0.05) is 12.5 Å². The van der Waals surface area contributed by atoms with E-state index in [1.165, 1.54) is 50.3 Å². The van der Waals surface area contributed by atoms with Crippen LogP contribution in [-0.2, 0) is 0 Å². The van der Waals surface area contributed by atoms with Gasteiger partial charge in [0.05, 0.1) is 0 Å². The standard InChI is InChI=1S/C17H27N3/c1-14-12-19-10-5-4-7-17(19)13-20(14)16-9-6-8-15(11-16)18(2)3/h6,8-9,11,14,17H,4-5,7,10,12-13H2,1-3H3. The van der Waals surface area contributed by atoms with Crippen LogP contribution in [0.3, 0.4) is 0 Å². The van der Waals surface area contributed by atoms with Crippen LogP contribution >= 0.6 is 0 Å². The number of fused-ring (bicyclic) bond motifs is 1. The van der Waals surface area contributed by atoms with Crippen molar-refractivity contribution >= 4 is 11.4 Å². The highest BCUT2D eigenvalue weighted by molar-refractivity contribution is 5.59. The number of piperidine rings is 1. The van der Waals surface area contributed by atoms with Crippen LogP contribution in [0.4, 0.5) is 11.4 Å². The molecule has 3 rings (SSSR count). The van der Waals surface area contributed by atoms with E-state index < -0.39 is 0 Å². The van der Waals surface area contributed by atoms with E-state index >= 15 is 0 Å². The molecule has 20 heavy (non-hydrogen) atoms. The number of benzene rings is 1. The number of hydrogen-bond donors (Lipinski definition) is 0. The van der Waals surface area contributed by atoms with Gasteiger partial charge in [-0.2, -0.15) is 0 Å². The van der Waals surface area contributed by atoms with E-state index in [1.807, 2.05) is 0 Å². The number of nitrogens with zero attached hydrogens (tertiary/aromatic N) is 3. The second-order valence-electron chi connectivity index (χ2n) is 6.56. The van der Waals surface area contributed by atoms with E-state index in [0.29, 0.717) is 6.04 Å². The Kier molecular flexibility index (Phi) is 3.88. The van der Waals surface area contributed by atoms with Gasteiger partial charge in [0.15, 0.2) is 0 Å². The summed E-state index contributed by atoms with van der Waals surface area (Å²) in [6.45, 7) is 6.09. The van der Waals surface area contributed by atoms with Crippen LogP contribution in [0.1, 0.15) is 26.2 Å². The van der Waals surface area contributed by atoms with Crippen LogP contribution in [0.5, 0.6) is 0 Å². The number of piperazine rings is 1. The molecule has 2 heterocycles. The van der Waals surface area contributed by atoms with Crippen molar-refractivity contribution in [3.63, 3.8) is 0 Å². The van der Waals surface area contributed by atoms with Crippen LogP contribution in [0.2, 0.25) is 0 Å². The maximum atomic E-state index is 2.71. The van der Waals surface area contributed by atoms with Crippen molar-refractivity contribution < 1.29 is 0 Å². The molecule has 0 aromatic heterocycles. The Morgan fingerprint density at radius 1 is 1.15 bits per heavy atom. The molecule has 2 atom stereocenters. The van der Waals surface area contributed by atoms with Gasteiger partial charge < -0.3 is 9.80 Å². The molecule has 0 amide bonds. The van der Waals surface area contributed by atoms with Crippen LogP contribution in [-0.4, -0.2) is 50.7 Å². The minimum atomic E-state index is 0.613. The summed E-state index contributed by atoms with van der Waals surface area (Å²) in [5.41, 5.74) is 2.68. The molecule has 0 spiro atoms. The van der Waals surface area contributed by atoms with Crippen molar-refractivity contribution in [1.82, 2.24) is 4.90 Å². The second-order valence-corrected chi connectivity index (χ2v) is 6.56. The highest BCUT2D eigenvalue weighted by Crippen LogP contribution is 2.29. The first kappa shape index (κ1) is 13.7. The minimum absolute atomic E-state index is 0.613. The molecule has 2 saturated heterocycles. The van der Waals surface area contributed by atoms with E-state index in [9.17, 15) is 0 Å². The fourth-order valence-corrected chi connectivity index (χ4v) is 3.66. The van der Waals surface area contributed by atoms with Crippen molar-refractivity contribution in [3.8, 4) is 0 Å². The lowest BCUT2D eigenvalue weighted by Gasteiger charge is -2.48. The monoisotopic (exact) mass is 273 g/mol. The Balaban J connectivity index is 1.80. The van der Waals surface area contributed by atoms with Gasteiger partial charge in [-0.25, -0.2) is 0 Å². The molecule has 2 aliphatic rings. The normalized spacial score (nSPS) is 27.2. The Morgan fingerprint density at radius 3 is 2.80 bits per heavy atom. The van der Waals surface area contributed by atoms with E-state index in [0.717, 1.165) is 6.04 Å². The molecule has 0 bridgehead atoms. The molecular weight excluding hydrogens is 246 g/mol. The predicted molar refractivity (Wildman–Crippen MR) is 86.8 cm³/mol. The third-order valence-electron chi connectivity index (χ3n) is 4.87. The largest absolute Gasteiger partial charge is 0.378 e. The van der Waals surface area contributed by atoms with Gasteiger partial charge in [-0.15, -0.1) is 0 Å². The summed E-state index contributed by atoms with van der Waals surface area (Å²) in [6, 6.07) is 10.3. The maximum Gasteiger partial charge on any atom is 0.0390 e. The molecule has 2 unspecified atom stereocenters. The SMILES string of the molecule is CC1CN2CCCCC2CN1c1cccc(N(C)C)c1. The van der Waals surface area contributed by atoms with Gasteiger partial charge in [-0.05, 0) is 44.5 Å². The summed E-state index contributed by atoms with van der Waals surface area (Å²) < 4.78 is 0. The van der Waals surface area contributed by atoms with Crippen LogP contribution in [0.15, 0.2) is 24.3 Å². The van der Waals surface area contributed by atoms with Crippen LogP contribution in [0.25, 0.3) is 0 Å². The molecule has 2 aliphatic heterocycles. The molecule has 0 aliphatic carbocycles. The molecule has 1 aromatic rings. The highest BCUT2D eigenvalue weighted by Gasteiger charge is 2.32. The van der Waals surface area contributed by atoms with Crippen molar-refractivity contribution in [1.29, 1.82) is 0 Å². The van der Waals surface area contributed by atoms with E-state index in [2.05, 4.69) is 60.0 Å². The molecule has 0 N–H and O–H groups in total. The van der Waals surface area contributed by atoms with Gasteiger partial charge in [-0.3, -0.25) is 4.90 Å². The maximum absolute atomic E-state index is 2.71. The molecule has 3 heteroatoms. The van der Waals surface area contributed by atoms with Gasteiger partial charge in [0, 0.05) is 50.6 Å².